The van der Waals surface area contributed by atoms with Gasteiger partial charge in [0.1, 0.15) is 6.26 Å². The number of rotatable bonds is 5. The SMILES string of the molecule is CNCC1CCN(C(=O)Cc2coc(-c3ccc(Cl)cc3)n2)CC1. The molecule has 1 fully saturated rings. The Morgan fingerprint density at radius 3 is 2.71 bits per heavy atom. The van der Waals surface area contributed by atoms with Gasteiger partial charge < -0.3 is 14.6 Å². The van der Waals surface area contributed by atoms with Crippen LogP contribution < -0.4 is 5.32 Å². The van der Waals surface area contributed by atoms with Crippen LogP contribution in [0.15, 0.2) is 34.9 Å². The molecule has 0 unspecified atom stereocenters. The number of carbonyl (C=O) groups is 1. The number of likely N-dealkylation sites (tertiary alicyclic amines) is 1. The fraction of sp³-hybridized carbons (Fsp3) is 0.444. The summed E-state index contributed by atoms with van der Waals surface area (Å²) in [7, 11) is 1.97. The molecular weight excluding hydrogens is 326 g/mol. The molecule has 0 bridgehead atoms. The molecule has 5 nitrogen and oxygen atoms in total. The van der Waals surface area contributed by atoms with E-state index in [1.807, 2.05) is 24.1 Å². The van der Waals surface area contributed by atoms with E-state index in [0.717, 1.165) is 38.0 Å². The lowest BCUT2D eigenvalue weighted by atomic mass is 9.96. The van der Waals surface area contributed by atoms with Crippen molar-refractivity contribution in [3.8, 4) is 11.5 Å². The summed E-state index contributed by atoms with van der Waals surface area (Å²) in [6, 6.07) is 7.29. The Balaban J connectivity index is 1.57. The first-order chi connectivity index (χ1) is 11.7. The van der Waals surface area contributed by atoms with Gasteiger partial charge in [0.05, 0.1) is 12.1 Å². The average Bonchev–Trinajstić information content (AvgIpc) is 3.05. The van der Waals surface area contributed by atoms with Crippen molar-refractivity contribution >= 4 is 17.5 Å². The zero-order valence-electron chi connectivity index (χ0n) is 13.8. The van der Waals surface area contributed by atoms with E-state index in [1.54, 1.807) is 18.4 Å². The number of aromatic nitrogens is 1. The Labute approximate surface area is 147 Å². The van der Waals surface area contributed by atoms with Gasteiger partial charge >= 0.3 is 0 Å². The maximum absolute atomic E-state index is 12.4. The minimum absolute atomic E-state index is 0.119. The summed E-state index contributed by atoms with van der Waals surface area (Å²) in [4.78, 5) is 18.8. The van der Waals surface area contributed by atoms with E-state index in [-0.39, 0.29) is 12.3 Å². The van der Waals surface area contributed by atoms with Crippen LogP contribution in [0, 0.1) is 5.92 Å². The van der Waals surface area contributed by atoms with E-state index >= 15 is 0 Å². The molecule has 1 saturated heterocycles. The van der Waals surface area contributed by atoms with E-state index in [4.69, 9.17) is 16.0 Å². The van der Waals surface area contributed by atoms with E-state index in [9.17, 15) is 4.79 Å². The third-order valence-corrected chi connectivity index (χ3v) is 4.69. The lowest BCUT2D eigenvalue weighted by Crippen LogP contribution is -2.41. The Bertz CT molecular complexity index is 676. The summed E-state index contributed by atoms with van der Waals surface area (Å²) >= 11 is 5.88. The number of halogens is 1. The molecule has 1 N–H and O–H groups in total. The number of nitrogens with one attached hydrogen (secondary N) is 1. The number of piperidine rings is 1. The molecule has 3 rings (SSSR count). The number of amides is 1. The Morgan fingerprint density at radius 1 is 1.33 bits per heavy atom. The fourth-order valence-electron chi connectivity index (χ4n) is 3.06. The highest BCUT2D eigenvalue weighted by molar-refractivity contribution is 6.30. The molecular formula is C18H22ClN3O2. The van der Waals surface area contributed by atoms with Crippen molar-refractivity contribution in [1.29, 1.82) is 0 Å². The molecule has 1 aliphatic heterocycles. The standard InChI is InChI=1S/C18H22ClN3O2/c1-20-11-13-6-8-22(9-7-13)17(23)10-16-12-24-18(21-16)14-2-4-15(19)5-3-14/h2-5,12-13,20H,6-11H2,1H3. The second-order valence-electron chi connectivity index (χ2n) is 6.21. The maximum atomic E-state index is 12.4. The highest BCUT2D eigenvalue weighted by atomic mass is 35.5. The van der Waals surface area contributed by atoms with Crippen LogP contribution in [0.5, 0.6) is 0 Å². The predicted octanol–water partition coefficient (Wildman–Crippen LogP) is 3.00. The lowest BCUT2D eigenvalue weighted by Gasteiger charge is -2.31. The molecule has 0 aliphatic carbocycles. The van der Waals surface area contributed by atoms with Crippen molar-refractivity contribution in [2.24, 2.45) is 5.92 Å². The molecule has 1 aromatic heterocycles. The van der Waals surface area contributed by atoms with Crippen LogP contribution in [-0.4, -0.2) is 42.5 Å². The van der Waals surface area contributed by atoms with Gasteiger partial charge in [-0.05, 0) is 56.6 Å². The molecule has 0 spiro atoms. The summed E-state index contributed by atoms with van der Waals surface area (Å²) in [5, 5.41) is 3.88. The quantitative estimate of drug-likeness (QED) is 0.903. The number of carbonyl (C=O) groups excluding carboxylic acids is 1. The van der Waals surface area contributed by atoms with Gasteiger partial charge in [0.25, 0.3) is 0 Å². The molecule has 128 valence electrons. The third kappa shape index (κ3) is 4.16. The first kappa shape index (κ1) is 17.0. The minimum Gasteiger partial charge on any atom is -0.444 e. The van der Waals surface area contributed by atoms with Crippen LogP contribution in [-0.2, 0) is 11.2 Å². The second kappa shape index (κ2) is 7.81. The van der Waals surface area contributed by atoms with Crippen molar-refractivity contribution in [3.05, 3.63) is 41.2 Å². The van der Waals surface area contributed by atoms with Crippen LogP contribution in [0.2, 0.25) is 5.02 Å². The average molecular weight is 348 g/mol. The summed E-state index contributed by atoms with van der Waals surface area (Å²) in [5.74, 6) is 1.30. The molecule has 6 heteroatoms. The number of hydrogen-bond donors (Lipinski definition) is 1. The lowest BCUT2D eigenvalue weighted by molar-refractivity contribution is -0.131. The summed E-state index contributed by atoms with van der Waals surface area (Å²) in [6.07, 6.45) is 3.96. The van der Waals surface area contributed by atoms with Gasteiger partial charge in [-0.15, -0.1) is 0 Å². The molecule has 2 aromatic rings. The van der Waals surface area contributed by atoms with Crippen molar-refractivity contribution in [3.63, 3.8) is 0 Å². The molecule has 2 heterocycles. The highest BCUT2D eigenvalue weighted by Gasteiger charge is 2.23. The topological polar surface area (TPSA) is 58.4 Å². The number of oxazole rings is 1. The van der Waals surface area contributed by atoms with Crippen molar-refractivity contribution in [2.45, 2.75) is 19.3 Å². The van der Waals surface area contributed by atoms with Gasteiger partial charge in [-0.1, -0.05) is 11.6 Å². The smallest absolute Gasteiger partial charge is 0.228 e. The molecule has 1 aromatic carbocycles. The van der Waals surface area contributed by atoms with Crippen molar-refractivity contribution in [2.75, 3.05) is 26.7 Å². The van der Waals surface area contributed by atoms with Crippen molar-refractivity contribution in [1.82, 2.24) is 15.2 Å². The molecule has 1 aliphatic rings. The summed E-state index contributed by atoms with van der Waals surface area (Å²) < 4.78 is 5.49. The van der Waals surface area contributed by atoms with Crippen molar-refractivity contribution < 1.29 is 9.21 Å². The van der Waals surface area contributed by atoms with Gasteiger partial charge in [-0.3, -0.25) is 4.79 Å². The summed E-state index contributed by atoms with van der Waals surface area (Å²) in [5.41, 5.74) is 1.52. The van der Waals surface area contributed by atoms with E-state index in [1.165, 1.54) is 0 Å². The van der Waals surface area contributed by atoms with Crippen LogP contribution in [0.3, 0.4) is 0 Å². The largest absolute Gasteiger partial charge is 0.444 e. The number of hydrogen-bond acceptors (Lipinski definition) is 4. The third-order valence-electron chi connectivity index (χ3n) is 4.44. The monoisotopic (exact) mass is 347 g/mol. The van der Waals surface area contributed by atoms with Crippen LogP contribution in [0.1, 0.15) is 18.5 Å². The fourth-order valence-corrected chi connectivity index (χ4v) is 3.18. The Kier molecular flexibility index (Phi) is 5.53. The van der Waals surface area contributed by atoms with Gasteiger partial charge in [-0.25, -0.2) is 4.98 Å². The zero-order chi connectivity index (χ0) is 16.9. The van der Waals surface area contributed by atoms with Gasteiger partial charge in [0.2, 0.25) is 11.8 Å². The first-order valence-electron chi connectivity index (χ1n) is 8.28. The maximum Gasteiger partial charge on any atom is 0.228 e. The minimum atomic E-state index is 0.119. The normalized spacial score (nSPS) is 15.7. The zero-order valence-corrected chi connectivity index (χ0v) is 14.6. The Morgan fingerprint density at radius 2 is 2.04 bits per heavy atom. The number of benzene rings is 1. The second-order valence-corrected chi connectivity index (χ2v) is 6.65. The van der Waals surface area contributed by atoms with E-state index in [2.05, 4.69) is 10.3 Å². The van der Waals surface area contributed by atoms with Gasteiger partial charge in [0, 0.05) is 23.7 Å². The predicted molar refractivity (Wildman–Crippen MR) is 93.9 cm³/mol. The van der Waals surface area contributed by atoms with E-state index in [0.29, 0.717) is 22.5 Å². The number of nitrogens with zero attached hydrogens (tertiary/aromatic N) is 2. The summed E-state index contributed by atoms with van der Waals surface area (Å²) in [6.45, 7) is 2.68. The van der Waals surface area contributed by atoms with E-state index < -0.39 is 0 Å². The van der Waals surface area contributed by atoms with Gasteiger partial charge in [0.15, 0.2) is 0 Å². The molecule has 0 atom stereocenters. The molecule has 24 heavy (non-hydrogen) atoms. The highest BCUT2D eigenvalue weighted by Crippen LogP contribution is 2.22. The van der Waals surface area contributed by atoms with Gasteiger partial charge in [-0.2, -0.15) is 0 Å². The molecule has 1 amide bonds. The Hall–Kier alpha value is -1.85. The molecule has 0 radical (unpaired) electrons. The first-order valence-corrected chi connectivity index (χ1v) is 8.66. The van der Waals surface area contributed by atoms with Crippen LogP contribution in [0.25, 0.3) is 11.5 Å². The van der Waals surface area contributed by atoms with Crippen LogP contribution >= 0.6 is 11.6 Å². The van der Waals surface area contributed by atoms with Crippen LogP contribution in [0.4, 0.5) is 0 Å². The molecule has 0 saturated carbocycles.